The summed E-state index contributed by atoms with van der Waals surface area (Å²) in [7, 11) is 0. The van der Waals surface area contributed by atoms with E-state index < -0.39 is 5.91 Å². The van der Waals surface area contributed by atoms with Gasteiger partial charge in [-0.05, 0) is 44.0 Å². The number of benzene rings is 1. The molecule has 5 heteroatoms. The number of carbonyl (C=O) groups is 1. The zero-order valence-corrected chi connectivity index (χ0v) is 16.5. The largest absolute Gasteiger partial charge is 0.344 e. The van der Waals surface area contributed by atoms with Crippen molar-refractivity contribution in [3.05, 3.63) is 81.9 Å². The van der Waals surface area contributed by atoms with Gasteiger partial charge in [-0.25, -0.2) is 0 Å². The number of para-hydroxylation sites is 1. The van der Waals surface area contributed by atoms with E-state index in [1.165, 1.54) is 0 Å². The van der Waals surface area contributed by atoms with Crippen molar-refractivity contribution in [1.82, 2.24) is 9.55 Å². The van der Waals surface area contributed by atoms with Crippen LogP contribution in [0.3, 0.4) is 0 Å². The summed E-state index contributed by atoms with van der Waals surface area (Å²) in [6.45, 7) is 6.69. The molecular weight excluding hydrogens is 350 g/mol. The predicted molar refractivity (Wildman–Crippen MR) is 113 cm³/mol. The monoisotopic (exact) mass is 375 g/mol. The normalized spacial score (nSPS) is 10.7. The Morgan fingerprint density at radius 2 is 1.82 bits per heavy atom. The molecule has 144 valence electrons. The molecule has 3 aromatic rings. The van der Waals surface area contributed by atoms with Gasteiger partial charge in [0.15, 0.2) is 5.43 Å². The fourth-order valence-electron chi connectivity index (χ4n) is 3.30. The van der Waals surface area contributed by atoms with Gasteiger partial charge in [0.05, 0.1) is 5.69 Å². The highest BCUT2D eigenvalue weighted by molar-refractivity contribution is 6.08. The summed E-state index contributed by atoms with van der Waals surface area (Å²) < 4.78 is 2.06. The Kier molecular flexibility index (Phi) is 6.04. The van der Waals surface area contributed by atoms with E-state index in [-0.39, 0.29) is 11.0 Å². The van der Waals surface area contributed by atoms with Gasteiger partial charge in [-0.15, -0.1) is 0 Å². The van der Waals surface area contributed by atoms with Gasteiger partial charge < -0.3 is 9.88 Å². The van der Waals surface area contributed by atoms with Crippen molar-refractivity contribution in [3.63, 3.8) is 0 Å². The maximum Gasteiger partial charge on any atom is 0.261 e. The van der Waals surface area contributed by atoms with Crippen LogP contribution in [0.25, 0.3) is 11.3 Å². The summed E-state index contributed by atoms with van der Waals surface area (Å²) in [6.07, 6.45) is 5.33. The Morgan fingerprint density at radius 1 is 1.11 bits per heavy atom. The van der Waals surface area contributed by atoms with Gasteiger partial charge in [-0.1, -0.05) is 31.5 Å². The molecule has 5 nitrogen and oxygen atoms in total. The van der Waals surface area contributed by atoms with Crippen LogP contribution in [0, 0.1) is 13.8 Å². The van der Waals surface area contributed by atoms with E-state index in [2.05, 4.69) is 21.8 Å². The van der Waals surface area contributed by atoms with Crippen LogP contribution in [0.4, 0.5) is 5.69 Å². The van der Waals surface area contributed by atoms with Gasteiger partial charge in [0.1, 0.15) is 5.56 Å². The number of aryl methyl sites for hydroxylation is 2. The number of hydrogen-bond donors (Lipinski definition) is 1. The first-order valence-electron chi connectivity index (χ1n) is 9.54. The maximum atomic E-state index is 13.2. The molecule has 1 aromatic carbocycles. The molecule has 0 bridgehead atoms. The van der Waals surface area contributed by atoms with Crippen LogP contribution in [0.2, 0.25) is 0 Å². The minimum atomic E-state index is -0.392. The van der Waals surface area contributed by atoms with Gasteiger partial charge in [-0.3, -0.25) is 14.6 Å². The van der Waals surface area contributed by atoms with Crippen molar-refractivity contribution in [2.45, 2.75) is 40.2 Å². The lowest BCUT2D eigenvalue weighted by atomic mass is 10.0. The third-order valence-corrected chi connectivity index (χ3v) is 4.83. The topological polar surface area (TPSA) is 64.0 Å². The minimum absolute atomic E-state index is 0.163. The van der Waals surface area contributed by atoms with E-state index in [4.69, 9.17) is 0 Å². The summed E-state index contributed by atoms with van der Waals surface area (Å²) in [6, 6.07) is 12.8. The van der Waals surface area contributed by atoms with Crippen LogP contribution < -0.4 is 10.7 Å². The summed E-state index contributed by atoms with van der Waals surface area (Å²) in [5.74, 6) is -0.392. The predicted octanol–water partition coefficient (Wildman–Crippen LogP) is 4.58. The summed E-state index contributed by atoms with van der Waals surface area (Å²) in [5.41, 5.74) is 3.83. The Balaban J connectivity index is 2.18. The molecule has 0 saturated carbocycles. The second-order valence-electron chi connectivity index (χ2n) is 6.88. The van der Waals surface area contributed by atoms with Crippen LogP contribution in [0.1, 0.15) is 41.4 Å². The summed E-state index contributed by atoms with van der Waals surface area (Å²) in [4.78, 5) is 30.1. The SMILES string of the molecule is CCCCn1c(C)cc(=O)c(C(=O)Nc2ccccc2C)c1-c1ccncc1. The fourth-order valence-corrected chi connectivity index (χ4v) is 3.30. The van der Waals surface area contributed by atoms with Crippen LogP contribution in [0.5, 0.6) is 0 Å². The van der Waals surface area contributed by atoms with E-state index in [1.807, 2.05) is 50.2 Å². The Bertz CT molecular complexity index is 1040. The molecule has 0 aliphatic rings. The van der Waals surface area contributed by atoms with Crippen molar-refractivity contribution < 1.29 is 4.79 Å². The van der Waals surface area contributed by atoms with Gasteiger partial charge in [0, 0.05) is 41.9 Å². The molecule has 0 atom stereocenters. The molecule has 1 amide bonds. The summed E-state index contributed by atoms with van der Waals surface area (Å²) >= 11 is 0. The van der Waals surface area contributed by atoms with E-state index >= 15 is 0 Å². The molecular formula is C23H25N3O2. The van der Waals surface area contributed by atoms with Crippen LogP contribution in [-0.2, 0) is 6.54 Å². The lowest BCUT2D eigenvalue weighted by molar-refractivity contribution is 0.102. The second-order valence-corrected chi connectivity index (χ2v) is 6.88. The first-order chi connectivity index (χ1) is 13.5. The highest BCUT2D eigenvalue weighted by Gasteiger charge is 2.22. The average Bonchev–Trinajstić information content (AvgIpc) is 2.69. The molecule has 2 aromatic heterocycles. The molecule has 28 heavy (non-hydrogen) atoms. The van der Waals surface area contributed by atoms with Gasteiger partial charge in [0.25, 0.3) is 5.91 Å². The van der Waals surface area contributed by atoms with Crippen molar-refractivity contribution in [3.8, 4) is 11.3 Å². The zero-order chi connectivity index (χ0) is 20.1. The molecule has 0 aliphatic carbocycles. The van der Waals surface area contributed by atoms with Gasteiger partial charge >= 0.3 is 0 Å². The van der Waals surface area contributed by atoms with Crippen LogP contribution in [-0.4, -0.2) is 15.5 Å². The van der Waals surface area contributed by atoms with Crippen LogP contribution in [0.15, 0.2) is 59.7 Å². The lowest BCUT2D eigenvalue weighted by Crippen LogP contribution is -2.27. The van der Waals surface area contributed by atoms with E-state index in [9.17, 15) is 9.59 Å². The molecule has 1 N–H and O–H groups in total. The lowest BCUT2D eigenvalue weighted by Gasteiger charge is -2.20. The first kappa shape index (κ1) is 19.5. The Labute approximate surface area is 165 Å². The first-order valence-corrected chi connectivity index (χ1v) is 9.54. The average molecular weight is 375 g/mol. The molecule has 0 fully saturated rings. The standard InChI is InChI=1S/C23H25N3O2/c1-4-5-14-26-17(3)15-20(27)21(22(26)18-10-12-24-13-11-18)23(28)25-19-9-7-6-8-16(19)2/h6-13,15H,4-5,14H2,1-3H3,(H,25,28). The number of nitrogens with one attached hydrogen (secondary N) is 1. The molecule has 0 saturated heterocycles. The maximum absolute atomic E-state index is 13.2. The number of amides is 1. The number of rotatable bonds is 6. The number of hydrogen-bond acceptors (Lipinski definition) is 3. The molecule has 0 unspecified atom stereocenters. The number of aromatic nitrogens is 2. The van der Waals surface area contributed by atoms with Crippen molar-refractivity contribution in [2.75, 3.05) is 5.32 Å². The number of carbonyl (C=O) groups excluding carboxylic acids is 1. The molecule has 3 rings (SSSR count). The summed E-state index contributed by atoms with van der Waals surface area (Å²) in [5, 5.41) is 2.91. The van der Waals surface area contributed by atoms with E-state index in [1.54, 1.807) is 18.5 Å². The van der Waals surface area contributed by atoms with Gasteiger partial charge in [-0.2, -0.15) is 0 Å². The van der Waals surface area contributed by atoms with Crippen molar-refractivity contribution >= 4 is 11.6 Å². The Hall–Kier alpha value is -3.21. The smallest absolute Gasteiger partial charge is 0.261 e. The Morgan fingerprint density at radius 3 is 2.50 bits per heavy atom. The van der Waals surface area contributed by atoms with E-state index in [0.29, 0.717) is 11.4 Å². The van der Waals surface area contributed by atoms with Crippen LogP contribution >= 0.6 is 0 Å². The quantitative estimate of drug-likeness (QED) is 0.686. The molecule has 0 aliphatic heterocycles. The minimum Gasteiger partial charge on any atom is -0.344 e. The highest BCUT2D eigenvalue weighted by atomic mass is 16.2. The third-order valence-electron chi connectivity index (χ3n) is 4.83. The zero-order valence-electron chi connectivity index (χ0n) is 16.5. The number of nitrogens with zero attached hydrogens (tertiary/aromatic N) is 2. The molecule has 0 spiro atoms. The van der Waals surface area contributed by atoms with Gasteiger partial charge in [0.2, 0.25) is 0 Å². The number of pyridine rings is 2. The van der Waals surface area contributed by atoms with Crippen molar-refractivity contribution in [1.29, 1.82) is 0 Å². The molecule has 0 radical (unpaired) electrons. The third kappa shape index (κ3) is 4.03. The van der Waals surface area contributed by atoms with Crippen molar-refractivity contribution in [2.24, 2.45) is 0 Å². The molecule has 2 heterocycles. The fraction of sp³-hybridized carbons (Fsp3) is 0.261. The second kappa shape index (κ2) is 8.65. The number of unbranched alkanes of at least 4 members (excludes halogenated alkanes) is 1. The van der Waals surface area contributed by atoms with E-state index in [0.717, 1.165) is 36.2 Å². The highest BCUT2D eigenvalue weighted by Crippen LogP contribution is 2.25. The number of anilines is 1.